The van der Waals surface area contributed by atoms with Crippen molar-refractivity contribution < 1.29 is 29.3 Å². The molecule has 1 aromatic heterocycles. The first-order chi connectivity index (χ1) is 16.8. The third kappa shape index (κ3) is 3.04. The Labute approximate surface area is 211 Å². The molecule has 1 aromatic carbocycles. The second kappa shape index (κ2) is 7.77. The molecule has 7 heteroatoms. The lowest BCUT2D eigenvalue weighted by atomic mass is 9.45. The van der Waals surface area contributed by atoms with Crippen molar-refractivity contribution in [2.75, 3.05) is 0 Å². The molecule has 4 atom stereocenters. The first-order valence-electron chi connectivity index (χ1n) is 12.9. The number of phenolic OH excluding ortho intramolecular Hbond substituents is 2. The molecular formula is C29H36O7. The van der Waals surface area contributed by atoms with Crippen LogP contribution >= 0.6 is 0 Å². The van der Waals surface area contributed by atoms with E-state index in [2.05, 4.69) is 20.8 Å². The van der Waals surface area contributed by atoms with E-state index in [1.807, 2.05) is 6.92 Å². The number of hydrogen-bond donors (Lipinski definition) is 3. The first kappa shape index (κ1) is 24.7. The summed E-state index contributed by atoms with van der Waals surface area (Å²) in [6.45, 7) is 13.4. The fraction of sp³-hybridized carbons (Fsp3) is 0.586. The van der Waals surface area contributed by atoms with E-state index in [0.29, 0.717) is 35.0 Å². The van der Waals surface area contributed by atoms with Crippen molar-refractivity contribution in [3.8, 4) is 23.0 Å². The Balaban J connectivity index is 1.80. The Morgan fingerprint density at radius 2 is 1.75 bits per heavy atom. The van der Waals surface area contributed by atoms with Gasteiger partial charge in [-0.2, -0.15) is 0 Å². The minimum atomic E-state index is -0.697. The van der Waals surface area contributed by atoms with Gasteiger partial charge in [-0.15, -0.1) is 0 Å². The summed E-state index contributed by atoms with van der Waals surface area (Å²) in [7, 11) is 0. The molecule has 0 bridgehead atoms. The highest BCUT2D eigenvalue weighted by Gasteiger charge is 2.70. The van der Waals surface area contributed by atoms with Crippen molar-refractivity contribution in [3.05, 3.63) is 44.0 Å². The summed E-state index contributed by atoms with van der Waals surface area (Å²) in [5.74, 6) is -0.420. The Morgan fingerprint density at radius 1 is 1.08 bits per heavy atom. The van der Waals surface area contributed by atoms with Crippen LogP contribution in [0.15, 0.2) is 9.21 Å². The van der Waals surface area contributed by atoms with E-state index in [0.717, 1.165) is 12.8 Å². The average molecular weight is 497 g/mol. The van der Waals surface area contributed by atoms with E-state index in [9.17, 15) is 24.9 Å². The number of aromatic hydroxyl groups is 3. The van der Waals surface area contributed by atoms with Crippen LogP contribution in [0.2, 0.25) is 0 Å². The van der Waals surface area contributed by atoms with Crippen LogP contribution < -0.4 is 10.4 Å². The standard InChI is InChI=1S/C29H36O7/c1-8-17-13(4)23(31)15(27(34)35-17)11-14-24(32)19(22(30)12(2)3)25(33)18-21-20-16(28(21,5)6)9-10-29(20,7)36-26(14)18/h12,16,20-21,31-33H,8-11H2,1-7H3/t16-,20+,21+,29+/m1/s1. The maximum atomic E-state index is 13.2. The molecule has 36 heavy (non-hydrogen) atoms. The molecule has 2 aliphatic carbocycles. The fourth-order valence-electron chi connectivity index (χ4n) is 7.35. The van der Waals surface area contributed by atoms with Crippen LogP contribution in [0.3, 0.4) is 0 Å². The minimum Gasteiger partial charge on any atom is -0.507 e. The smallest absolute Gasteiger partial charge is 0.343 e. The highest BCUT2D eigenvalue weighted by Crippen LogP contribution is 2.75. The van der Waals surface area contributed by atoms with E-state index in [1.54, 1.807) is 20.8 Å². The van der Waals surface area contributed by atoms with Crippen molar-refractivity contribution in [3.63, 3.8) is 0 Å². The van der Waals surface area contributed by atoms with Gasteiger partial charge in [0.15, 0.2) is 5.78 Å². The Bertz CT molecular complexity index is 1350. The maximum absolute atomic E-state index is 13.2. The first-order valence-corrected chi connectivity index (χ1v) is 12.9. The molecule has 2 saturated carbocycles. The Morgan fingerprint density at radius 3 is 2.36 bits per heavy atom. The Kier molecular flexibility index (Phi) is 5.33. The molecule has 2 heterocycles. The van der Waals surface area contributed by atoms with E-state index >= 15 is 0 Å². The SMILES string of the molecule is CCc1oc(=O)c(Cc2c(O)c(C(=O)C(C)C)c(O)c3c2O[C@@]2(C)CC[C@@H]4[C@H]2[C@H]3C4(C)C)c(O)c1C. The van der Waals surface area contributed by atoms with Crippen LogP contribution in [-0.4, -0.2) is 26.7 Å². The molecule has 0 spiro atoms. The van der Waals surface area contributed by atoms with Gasteiger partial charge < -0.3 is 24.5 Å². The second-order valence-corrected chi connectivity index (χ2v) is 12.0. The molecular weight excluding hydrogens is 460 g/mol. The maximum Gasteiger partial charge on any atom is 0.343 e. The lowest BCUT2D eigenvalue weighted by molar-refractivity contribution is -0.121. The van der Waals surface area contributed by atoms with Crippen LogP contribution in [-0.2, 0) is 12.8 Å². The molecule has 194 valence electrons. The number of rotatable bonds is 5. The van der Waals surface area contributed by atoms with E-state index in [-0.39, 0.29) is 51.9 Å². The van der Waals surface area contributed by atoms with Crippen molar-refractivity contribution in [2.45, 2.75) is 85.7 Å². The number of Topliss-reactive ketones (excluding diaryl/α,β-unsaturated/α-hetero) is 1. The van der Waals surface area contributed by atoms with Crippen LogP contribution in [0.1, 0.15) is 98.7 Å². The molecule has 0 amide bonds. The van der Waals surface area contributed by atoms with Gasteiger partial charge in [-0.1, -0.05) is 34.6 Å². The number of hydrogen-bond acceptors (Lipinski definition) is 7. The summed E-state index contributed by atoms with van der Waals surface area (Å²) in [6.07, 6.45) is 2.10. The predicted octanol–water partition coefficient (Wildman–Crippen LogP) is 5.36. The monoisotopic (exact) mass is 496 g/mol. The fourth-order valence-corrected chi connectivity index (χ4v) is 7.35. The summed E-state index contributed by atoms with van der Waals surface area (Å²) in [6, 6.07) is 0. The number of aryl methyl sites for hydroxylation is 1. The van der Waals surface area contributed by atoms with Gasteiger partial charge in [0, 0.05) is 47.3 Å². The normalized spacial score (nSPS) is 27.3. The highest BCUT2D eigenvalue weighted by molar-refractivity contribution is 6.04. The lowest BCUT2D eigenvalue weighted by Crippen LogP contribution is -2.59. The number of carbonyl (C=O) groups excluding carboxylic acids is 1. The summed E-state index contributed by atoms with van der Waals surface area (Å²) >= 11 is 0. The summed E-state index contributed by atoms with van der Waals surface area (Å²) < 4.78 is 12.1. The third-order valence-electron chi connectivity index (χ3n) is 9.35. The topological polar surface area (TPSA) is 117 Å². The molecule has 5 rings (SSSR count). The molecule has 2 fully saturated rings. The number of fused-ring (bicyclic) bond motifs is 2. The lowest BCUT2D eigenvalue weighted by Gasteiger charge is -2.62. The zero-order chi connectivity index (χ0) is 26.5. The van der Waals surface area contributed by atoms with Gasteiger partial charge in [0.2, 0.25) is 0 Å². The number of ketones is 1. The number of benzene rings is 1. The van der Waals surface area contributed by atoms with Crippen molar-refractivity contribution in [1.82, 2.24) is 0 Å². The zero-order valence-corrected chi connectivity index (χ0v) is 22.1. The summed E-state index contributed by atoms with van der Waals surface area (Å²) in [4.78, 5) is 26.1. The summed E-state index contributed by atoms with van der Waals surface area (Å²) in [5, 5.41) is 33.8. The van der Waals surface area contributed by atoms with E-state index in [1.165, 1.54) is 0 Å². The largest absolute Gasteiger partial charge is 0.507 e. The van der Waals surface area contributed by atoms with Gasteiger partial charge in [-0.05, 0) is 38.0 Å². The molecule has 3 N–H and O–H groups in total. The molecule has 7 nitrogen and oxygen atoms in total. The third-order valence-corrected chi connectivity index (χ3v) is 9.35. The van der Waals surface area contributed by atoms with Crippen LogP contribution in [0, 0.1) is 30.1 Å². The Hall–Kier alpha value is -2.96. The van der Waals surface area contributed by atoms with Gasteiger partial charge in [-0.3, -0.25) is 4.79 Å². The van der Waals surface area contributed by atoms with Crippen LogP contribution in [0.5, 0.6) is 23.0 Å². The number of ether oxygens (including phenoxy) is 1. The highest BCUT2D eigenvalue weighted by atomic mass is 16.5. The summed E-state index contributed by atoms with van der Waals surface area (Å²) in [5.41, 5.74) is -0.248. The van der Waals surface area contributed by atoms with Gasteiger partial charge in [0.1, 0.15) is 39.9 Å². The number of phenols is 2. The van der Waals surface area contributed by atoms with Crippen molar-refractivity contribution in [2.24, 2.45) is 23.2 Å². The molecule has 0 saturated heterocycles. The minimum absolute atomic E-state index is 0.0103. The molecule has 3 aliphatic rings. The van der Waals surface area contributed by atoms with Crippen molar-refractivity contribution in [1.29, 1.82) is 0 Å². The van der Waals surface area contributed by atoms with Gasteiger partial charge in [0.05, 0.1) is 5.56 Å². The average Bonchev–Trinajstić information content (AvgIpc) is 3.15. The quantitative estimate of drug-likeness (QED) is 0.477. The zero-order valence-electron chi connectivity index (χ0n) is 22.1. The molecule has 0 unspecified atom stereocenters. The molecule has 0 radical (unpaired) electrons. The number of carbonyl (C=O) groups is 1. The van der Waals surface area contributed by atoms with Gasteiger partial charge >= 0.3 is 5.63 Å². The molecule has 1 aliphatic heterocycles. The van der Waals surface area contributed by atoms with Crippen molar-refractivity contribution >= 4 is 5.78 Å². The van der Waals surface area contributed by atoms with E-state index in [4.69, 9.17) is 9.15 Å². The van der Waals surface area contributed by atoms with Gasteiger partial charge in [-0.25, -0.2) is 4.79 Å². The molecule has 2 aromatic rings. The van der Waals surface area contributed by atoms with Crippen LogP contribution in [0.4, 0.5) is 0 Å². The predicted molar refractivity (Wildman–Crippen MR) is 134 cm³/mol. The second-order valence-electron chi connectivity index (χ2n) is 12.0. The van der Waals surface area contributed by atoms with E-state index < -0.39 is 28.7 Å². The van der Waals surface area contributed by atoms with Crippen LogP contribution in [0.25, 0.3) is 0 Å². The van der Waals surface area contributed by atoms with Gasteiger partial charge in [0.25, 0.3) is 0 Å².